The number of aliphatic imine (C=N–C) groups is 1. The summed E-state index contributed by atoms with van der Waals surface area (Å²) in [4.78, 5) is 9.55. The lowest BCUT2D eigenvalue weighted by atomic mass is 10.1. The van der Waals surface area contributed by atoms with Crippen LogP contribution >= 0.6 is 0 Å². The Morgan fingerprint density at radius 1 is 1.26 bits per heavy atom. The zero-order chi connectivity index (χ0) is 13.7. The molecular weight excluding hydrogens is 238 g/mol. The van der Waals surface area contributed by atoms with E-state index in [1.54, 1.807) is 0 Å². The summed E-state index contributed by atoms with van der Waals surface area (Å²) in [5.74, 6) is 7.07. The van der Waals surface area contributed by atoms with Crippen LogP contribution in [0.3, 0.4) is 0 Å². The van der Waals surface area contributed by atoms with Crippen molar-refractivity contribution in [2.24, 2.45) is 16.8 Å². The Bertz CT molecular complexity index is 296. The standard InChI is InChI=1S/C14H29N5/c1-12(2)10-16-14(17-15)19-9-6-13(11-19)18-7-4-3-5-8-18/h12-13H,3-11,15H2,1-2H3,(H,16,17). The summed E-state index contributed by atoms with van der Waals surface area (Å²) in [6, 6.07) is 0.692. The first kappa shape index (κ1) is 14.6. The third-order valence-electron chi connectivity index (χ3n) is 4.11. The highest BCUT2D eigenvalue weighted by Crippen LogP contribution is 2.20. The predicted octanol–water partition coefficient (Wildman–Crippen LogP) is 1.02. The minimum Gasteiger partial charge on any atom is -0.340 e. The van der Waals surface area contributed by atoms with E-state index < -0.39 is 0 Å². The average molecular weight is 267 g/mol. The van der Waals surface area contributed by atoms with Crippen LogP contribution in [-0.4, -0.2) is 54.5 Å². The van der Waals surface area contributed by atoms with Gasteiger partial charge in [-0.25, -0.2) is 5.84 Å². The normalized spacial score (nSPS) is 26.2. The third kappa shape index (κ3) is 4.08. The van der Waals surface area contributed by atoms with Gasteiger partial charge in [-0.2, -0.15) is 0 Å². The quantitative estimate of drug-likeness (QED) is 0.347. The third-order valence-corrected chi connectivity index (χ3v) is 4.11. The molecule has 110 valence electrons. The van der Waals surface area contributed by atoms with E-state index in [4.69, 9.17) is 5.84 Å². The van der Waals surface area contributed by atoms with E-state index >= 15 is 0 Å². The van der Waals surface area contributed by atoms with E-state index in [1.807, 2.05) is 0 Å². The summed E-state index contributed by atoms with van der Waals surface area (Å²) in [5, 5.41) is 0. The summed E-state index contributed by atoms with van der Waals surface area (Å²) in [5.41, 5.74) is 2.78. The largest absolute Gasteiger partial charge is 0.340 e. The first-order chi connectivity index (χ1) is 9.20. The number of nitrogens with one attached hydrogen (secondary N) is 1. The lowest BCUT2D eigenvalue weighted by molar-refractivity contribution is 0.168. The Hall–Kier alpha value is -0.810. The molecule has 0 aromatic heterocycles. The zero-order valence-corrected chi connectivity index (χ0v) is 12.4. The van der Waals surface area contributed by atoms with Gasteiger partial charge < -0.3 is 4.90 Å². The van der Waals surface area contributed by atoms with Crippen LogP contribution in [0.5, 0.6) is 0 Å². The number of likely N-dealkylation sites (tertiary alicyclic amines) is 2. The fourth-order valence-electron chi connectivity index (χ4n) is 3.02. The molecule has 1 unspecified atom stereocenters. The van der Waals surface area contributed by atoms with Gasteiger partial charge in [0.1, 0.15) is 0 Å². The highest BCUT2D eigenvalue weighted by Gasteiger charge is 2.29. The van der Waals surface area contributed by atoms with Crippen molar-refractivity contribution < 1.29 is 0 Å². The molecule has 2 heterocycles. The molecule has 2 aliphatic heterocycles. The number of hydrazine groups is 1. The summed E-state index contributed by atoms with van der Waals surface area (Å²) in [7, 11) is 0. The molecule has 2 fully saturated rings. The van der Waals surface area contributed by atoms with Crippen molar-refractivity contribution in [2.45, 2.75) is 45.6 Å². The lowest BCUT2D eigenvalue weighted by Crippen LogP contribution is -2.46. The molecule has 5 heteroatoms. The fourth-order valence-corrected chi connectivity index (χ4v) is 3.02. The SMILES string of the molecule is CC(C)CN=C(NN)N1CCC(N2CCCCC2)C1. The minimum atomic E-state index is 0.573. The topological polar surface area (TPSA) is 56.9 Å². The van der Waals surface area contributed by atoms with E-state index in [-0.39, 0.29) is 0 Å². The van der Waals surface area contributed by atoms with Crippen molar-refractivity contribution in [2.75, 3.05) is 32.7 Å². The molecule has 0 aromatic rings. The molecule has 0 radical (unpaired) electrons. The summed E-state index contributed by atoms with van der Waals surface area (Å²) >= 11 is 0. The number of nitrogens with two attached hydrogens (primary N) is 1. The van der Waals surface area contributed by atoms with Gasteiger partial charge in [-0.1, -0.05) is 20.3 Å². The minimum absolute atomic E-state index is 0.573. The molecular formula is C14H29N5. The Balaban J connectivity index is 1.87. The highest BCUT2D eigenvalue weighted by molar-refractivity contribution is 5.79. The van der Waals surface area contributed by atoms with Crippen molar-refractivity contribution in [1.29, 1.82) is 0 Å². The maximum Gasteiger partial charge on any atom is 0.208 e. The second kappa shape index (κ2) is 7.10. The van der Waals surface area contributed by atoms with Crippen molar-refractivity contribution in [1.82, 2.24) is 15.2 Å². The van der Waals surface area contributed by atoms with Crippen LogP contribution < -0.4 is 11.3 Å². The van der Waals surface area contributed by atoms with Crippen LogP contribution in [0.1, 0.15) is 39.5 Å². The molecule has 0 saturated carbocycles. The Morgan fingerprint density at radius 3 is 2.63 bits per heavy atom. The summed E-state index contributed by atoms with van der Waals surface area (Å²) in [6.45, 7) is 9.88. The predicted molar refractivity (Wildman–Crippen MR) is 79.9 cm³/mol. The van der Waals surface area contributed by atoms with Crippen molar-refractivity contribution in [3.8, 4) is 0 Å². The van der Waals surface area contributed by atoms with Crippen LogP contribution in [0.4, 0.5) is 0 Å². The van der Waals surface area contributed by atoms with E-state index in [2.05, 4.69) is 34.1 Å². The molecule has 2 aliphatic rings. The van der Waals surface area contributed by atoms with E-state index in [0.717, 1.165) is 25.6 Å². The van der Waals surface area contributed by atoms with Crippen LogP contribution in [0.15, 0.2) is 4.99 Å². The summed E-state index contributed by atoms with van der Waals surface area (Å²) < 4.78 is 0. The van der Waals surface area contributed by atoms with Crippen LogP contribution in [0.25, 0.3) is 0 Å². The van der Waals surface area contributed by atoms with Gasteiger partial charge in [0.05, 0.1) is 0 Å². The molecule has 3 N–H and O–H groups in total. The van der Waals surface area contributed by atoms with Crippen LogP contribution in [-0.2, 0) is 0 Å². The monoisotopic (exact) mass is 267 g/mol. The van der Waals surface area contributed by atoms with Crippen molar-refractivity contribution in [3.05, 3.63) is 0 Å². The maximum atomic E-state index is 5.63. The molecule has 0 amide bonds. The summed E-state index contributed by atoms with van der Waals surface area (Å²) in [6.07, 6.45) is 5.36. The van der Waals surface area contributed by atoms with Gasteiger partial charge in [0, 0.05) is 25.7 Å². The van der Waals surface area contributed by atoms with E-state index in [0.29, 0.717) is 12.0 Å². The number of hydrogen-bond donors (Lipinski definition) is 2. The Labute approximate surface area is 117 Å². The van der Waals surface area contributed by atoms with Crippen molar-refractivity contribution in [3.63, 3.8) is 0 Å². The molecule has 1 atom stereocenters. The number of guanidine groups is 1. The first-order valence-electron chi connectivity index (χ1n) is 7.70. The van der Waals surface area contributed by atoms with Gasteiger partial charge >= 0.3 is 0 Å². The van der Waals surface area contributed by atoms with E-state index in [1.165, 1.54) is 38.8 Å². The zero-order valence-electron chi connectivity index (χ0n) is 12.4. The number of piperidine rings is 1. The molecule has 0 bridgehead atoms. The van der Waals surface area contributed by atoms with Crippen LogP contribution in [0, 0.1) is 5.92 Å². The lowest BCUT2D eigenvalue weighted by Gasteiger charge is -2.32. The molecule has 0 aromatic carbocycles. The van der Waals surface area contributed by atoms with Gasteiger partial charge in [-0.05, 0) is 38.3 Å². The molecule has 0 spiro atoms. The molecule has 2 rings (SSSR count). The number of hydrogen-bond acceptors (Lipinski definition) is 3. The fraction of sp³-hybridized carbons (Fsp3) is 0.929. The molecule has 5 nitrogen and oxygen atoms in total. The van der Waals surface area contributed by atoms with Gasteiger partial charge in [0.25, 0.3) is 0 Å². The highest BCUT2D eigenvalue weighted by atomic mass is 15.4. The second-order valence-electron chi connectivity index (χ2n) is 6.19. The maximum absolute atomic E-state index is 5.63. The second-order valence-corrected chi connectivity index (χ2v) is 6.19. The van der Waals surface area contributed by atoms with Gasteiger partial charge in [-0.3, -0.25) is 15.3 Å². The Kier molecular flexibility index (Phi) is 5.45. The number of nitrogens with zero attached hydrogens (tertiary/aromatic N) is 3. The average Bonchev–Trinajstić information content (AvgIpc) is 2.90. The van der Waals surface area contributed by atoms with Gasteiger partial charge in [-0.15, -0.1) is 0 Å². The van der Waals surface area contributed by atoms with Crippen molar-refractivity contribution >= 4 is 5.96 Å². The van der Waals surface area contributed by atoms with E-state index in [9.17, 15) is 0 Å². The first-order valence-corrected chi connectivity index (χ1v) is 7.70. The molecule has 0 aliphatic carbocycles. The Morgan fingerprint density at radius 2 is 2.00 bits per heavy atom. The number of rotatable bonds is 3. The molecule has 19 heavy (non-hydrogen) atoms. The van der Waals surface area contributed by atoms with Gasteiger partial charge in [0.15, 0.2) is 0 Å². The smallest absolute Gasteiger partial charge is 0.208 e. The van der Waals surface area contributed by atoms with Crippen LogP contribution in [0.2, 0.25) is 0 Å². The van der Waals surface area contributed by atoms with Gasteiger partial charge in [0.2, 0.25) is 5.96 Å². The molecule has 2 saturated heterocycles.